The lowest BCUT2D eigenvalue weighted by Gasteiger charge is -2.06. The summed E-state index contributed by atoms with van der Waals surface area (Å²) in [6, 6.07) is 57.8. The first-order chi connectivity index (χ1) is 22.7. The van der Waals surface area contributed by atoms with Crippen molar-refractivity contribution in [2.75, 3.05) is 0 Å². The van der Waals surface area contributed by atoms with Crippen molar-refractivity contribution in [2.45, 2.75) is 0 Å². The number of rotatable bonds is 4. The summed E-state index contributed by atoms with van der Waals surface area (Å²) in [6.45, 7) is 0. The minimum Gasteiger partial charge on any atom is -0.0616 e. The van der Waals surface area contributed by atoms with E-state index in [1.807, 2.05) is 0 Å². The predicted octanol–water partition coefficient (Wildman–Crippen LogP) is 12.9. The zero-order valence-electron chi connectivity index (χ0n) is 25.3. The molecule has 0 bridgehead atoms. The zero-order valence-corrected chi connectivity index (χ0v) is 25.3. The van der Waals surface area contributed by atoms with Crippen LogP contribution < -0.4 is 0 Å². The second kappa shape index (κ2) is 10.9. The molecule has 0 radical (unpaired) electrons. The molecule has 46 heavy (non-hydrogen) atoms. The highest BCUT2D eigenvalue weighted by molar-refractivity contribution is 6.06. The molecule has 0 fully saturated rings. The summed E-state index contributed by atoms with van der Waals surface area (Å²) < 4.78 is 0. The van der Waals surface area contributed by atoms with E-state index in [-0.39, 0.29) is 0 Å². The van der Waals surface area contributed by atoms with Crippen LogP contribution >= 0.6 is 0 Å². The molecule has 0 saturated carbocycles. The molecule has 0 nitrogen and oxygen atoms in total. The predicted molar refractivity (Wildman–Crippen MR) is 202 cm³/mol. The first kappa shape index (κ1) is 26.4. The van der Waals surface area contributed by atoms with Gasteiger partial charge in [0, 0.05) is 0 Å². The largest absolute Gasteiger partial charge is 0.0616 e. The second-order valence-electron chi connectivity index (χ2n) is 12.3. The van der Waals surface area contributed by atoms with Crippen LogP contribution in [0.1, 0.15) is 22.3 Å². The Morgan fingerprint density at radius 1 is 0.196 bits per heavy atom. The molecular weight excluding hydrogens is 553 g/mol. The Hall–Kier alpha value is -5.98. The fourth-order valence-corrected chi connectivity index (χ4v) is 6.73. The van der Waals surface area contributed by atoms with E-state index < -0.39 is 0 Å². The third kappa shape index (κ3) is 5.01. The second-order valence-corrected chi connectivity index (χ2v) is 12.3. The molecule has 9 aromatic rings. The van der Waals surface area contributed by atoms with E-state index in [2.05, 4.69) is 182 Å². The van der Waals surface area contributed by atoms with Crippen molar-refractivity contribution in [3.05, 3.63) is 180 Å². The summed E-state index contributed by atoms with van der Waals surface area (Å²) in [4.78, 5) is 0. The van der Waals surface area contributed by atoms with Gasteiger partial charge in [-0.3, -0.25) is 0 Å². The lowest BCUT2D eigenvalue weighted by Crippen LogP contribution is -1.81. The molecule has 0 heteroatoms. The molecule has 0 aliphatic heterocycles. The van der Waals surface area contributed by atoms with Gasteiger partial charge in [0.2, 0.25) is 0 Å². The maximum atomic E-state index is 2.31. The van der Waals surface area contributed by atoms with Crippen molar-refractivity contribution in [1.29, 1.82) is 0 Å². The number of hydrogen-bond donors (Lipinski definition) is 0. The molecule has 0 spiro atoms. The summed E-state index contributed by atoms with van der Waals surface area (Å²) in [5.74, 6) is 0. The van der Waals surface area contributed by atoms with Gasteiger partial charge < -0.3 is 0 Å². The lowest BCUT2D eigenvalue weighted by molar-refractivity contribution is 1.62. The van der Waals surface area contributed by atoms with Crippen LogP contribution in [0.5, 0.6) is 0 Å². The fraction of sp³-hybridized carbons (Fsp3) is 0. The van der Waals surface area contributed by atoms with Crippen LogP contribution in [0.3, 0.4) is 0 Å². The van der Waals surface area contributed by atoms with E-state index >= 15 is 0 Å². The van der Waals surface area contributed by atoms with Crippen LogP contribution in [0.15, 0.2) is 158 Å². The van der Waals surface area contributed by atoms with Crippen LogP contribution in [0, 0.1) is 0 Å². The molecule has 0 atom stereocenters. The Labute approximate surface area is 268 Å². The molecule has 0 aromatic heterocycles. The maximum absolute atomic E-state index is 2.31. The third-order valence-electron chi connectivity index (χ3n) is 9.24. The summed E-state index contributed by atoms with van der Waals surface area (Å²) in [5, 5.41) is 15.3. The first-order valence-electron chi connectivity index (χ1n) is 15.9. The molecule has 0 unspecified atom stereocenters. The Bertz CT molecular complexity index is 2480. The third-order valence-corrected chi connectivity index (χ3v) is 9.24. The van der Waals surface area contributed by atoms with Gasteiger partial charge >= 0.3 is 0 Å². The van der Waals surface area contributed by atoms with E-state index in [4.69, 9.17) is 0 Å². The highest BCUT2D eigenvalue weighted by Gasteiger charge is 2.04. The Morgan fingerprint density at radius 3 is 0.783 bits per heavy atom. The average molecular weight is 583 g/mol. The van der Waals surface area contributed by atoms with Crippen LogP contribution in [-0.2, 0) is 0 Å². The van der Waals surface area contributed by atoms with Gasteiger partial charge in [0.25, 0.3) is 0 Å². The van der Waals surface area contributed by atoms with E-state index in [0.29, 0.717) is 0 Å². The summed E-state index contributed by atoms with van der Waals surface area (Å²) in [7, 11) is 0. The maximum Gasteiger partial charge on any atom is -0.0171 e. The number of benzene rings is 9. The monoisotopic (exact) mass is 582 g/mol. The van der Waals surface area contributed by atoms with Crippen LogP contribution in [0.4, 0.5) is 0 Å². The average Bonchev–Trinajstić information content (AvgIpc) is 3.10. The SMILES string of the molecule is C(=C\c1ccc2cc3cc4ccccc4cc3cc2c1)/c1ccc(/C=C/c2ccc3cc4cc5ccccc5cc4cc3c2)cc1. The van der Waals surface area contributed by atoms with Crippen molar-refractivity contribution in [3.63, 3.8) is 0 Å². The highest BCUT2D eigenvalue weighted by atomic mass is 14.1. The van der Waals surface area contributed by atoms with Gasteiger partial charge in [-0.15, -0.1) is 0 Å². The van der Waals surface area contributed by atoms with Gasteiger partial charge in [0.1, 0.15) is 0 Å². The van der Waals surface area contributed by atoms with Crippen LogP contribution in [0.25, 0.3) is 88.9 Å². The van der Waals surface area contributed by atoms with Gasteiger partial charge in [0.15, 0.2) is 0 Å². The Kier molecular flexibility index (Phi) is 6.25. The van der Waals surface area contributed by atoms with E-state index in [1.165, 1.54) is 86.9 Å². The molecule has 0 saturated heterocycles. The standard InChI is InChI=1S/C46H30/c1-3-7-37-25-45-29-41-21-33(17-19-39(41)27-43(45)23-35(37)5-1)15-13-31-9-11-32(12-10-31)14-16-34-18-20-40-28-44-24-36-6-2-4-8-38(36)26-46(44)30-42(40)22-34/h1-30H/b15-13+,16-14+. The van der Waals surface area contributed by atoms with Gasteiger partial charge in [-0.1, -0.05) is 121 Å². The van der Waals surface area contributed by atoms with E-state index in [9.17, 15) is 0 Å². The molecule has 0 heterocycles. The smallest absolute Gasteiger partial charge is 0.0171 e. The molecule has 9 aromatic carbocycles. The van der Waals surface area contributed by atoms with Crippen LogP contribution in [0.2, 0.25) is 0 Å². The number of fused-ring (bicyclic) bond motifs is 6. The van der Waals surface area contributed by atoms with Gasteiger partial charge in [-0.25, -0.2) is 0 Å². The highest BCUT2D eigenvalue weighted by Crippen LogP contribution is 2.30. The molecule has 9 rings (SSSR count). The van der Waals surface area contributed by atoms with Crippen molar-refractivity contribution >= 4 is 88.9 Å². The lowest BCUT2D eigenvalue weighted by atomic mass is 9.98. The minimum atomic E-state index is 1.19. The topological polar surface area (TPSA) is 0 Å². The summed E-state index contributed by atoms with van der Waals surface area (Å²) in [5.41, 5.74) is 4.78. The molecule has 214 valence electrons. The van der Waals surface area contributed by atoms with E-state index in [1.54, 1.807) is 0 Å². The summed E-state index contributed by atoms with van der Waals surface area (Å²) in [6.07, 6.45) is 8.80. The van der Waals surface area contributed by atoms with Gasteiger partial charge in [-0.05, 0) is 148 Å². The van der Waals surface area contributed by atoms with Crippen molar-refractivity contribution in [3.8, 4) is 0 Å². The minimum absolute atomic E-state index is 1.19. The first-order valence-corrected chi connectivity index (χ1v) is 15.9. The Balaban J connectivity index is 0.935. The molecule has 0 aliphatic rings. The molecule has 0 amide bonds. The fourth-order valence-electron chi connectivity index (χ4n) is 6.73. The zero-order chi connectivity index (χ0) is 30.5. The van der Waals surface area contributed by atoms with Gasteiger partial charge in [-0.2, -0.15) is 0 Å². The van der Waals surface area contributed by atoms with E-state index in [0.717, 1.165) is 0 Å². The Morgan fingerprint density at radius 2 is 0.435 bits per heavy atom. The van der Waals surface area contributed by atoms with Crippen molar-refractivity contribution in [1.82, 2.24) is 0 Å². The van der Waals surface area contributed by atoms with Crippen LogP contribution in [-0.4, -0.2) is 0 Å². The molecule has 0 N–H and O–H groups in total. The van der Waals surface area contributed by atoms with Crippen molar-refractivity contribution < 1.29 is 0 Å². The molecular formula is C46H30. The summed E-state index contributed by atoms with van der Waals surface area (Å²) >= 11 is 0. The molecule has 0 aliphatic carbocycles. The quantitative estimate of drug-likeness (QED) is 0.143. The number of hydrogen-bond acceptors (Lipinski definition) is 0. The normalized spacial score (nSPS) is 12.2. The van der Waals surface area contributed by atoms with Crippen molar-refractivity contribution in [2.24, 2.45) is 0 Å². The van der Waals surface area contributed by atoms with Gasteiger partial charge in [0.05, 0.1) is 0 Å².